The molecule has 0 bridgehead atoms. The van der Waals surface area contributed by atoms with Gasteiger partial charge in [0.25, 0.3) is 0 Å². The quantitative estimate of drug-likeness (QED) is 0.911. The Balaban J connectivity index is 1.84. The Kier molecular flexibility index (Phi) is 3.58. The molecule has 3 rings (SSSR count). The number of pyridine rings is 1. The number of nitrogens with two attached hydrogens (primary N) is 1. The Labute approximate surface area is 121 Å². The highest BCUT2D eigenvalue weighted by Gasteiger charge is 2.20. The van der Waals surface area contributed by atoms with Crippen LogP contribution in [0.1, 0.15) is 59.2 Å². The van der Waals surface area contributed by atoms with Crippen LogP contribution >= 0.6 is 0 Å². The predicted octanol–water partition coefficient (Wildman–Crippen LogP) is 4.01. The third-order valence-electron chi connectivity index (χ3n) is 4.42. The van der Waals surface area contributed by atoms with Crippen molar-refractivity contribution in [3.05, 3.63) is 64.5 Å². The van der Waals surface area contributed by atoms with E-state index in [0.29, 0.717) is 0 Å². The van der Waals surface area contributed by atoms with Gasteiger partial charge in [0, 0.05) is 6.20 Å². The van der Waals surface area contributed by atoms with Crippen LogP contribution in [0.3, 0.4) is 0 Å². The molecule has 1 aromatic carbocycles. The summed E-state index contributed by atoms with van der Waals surface area (Å²) in [5, 5.41) is 0. The molecule has 1 heterocycles. The molecule has 0 amide bonds. The summed E-state index contributed by atoms with van der Waals surface area (Å²) in [7, 11) is 0. The summed E-state index contributed by atoms with van der Waals surface area (Å²) in [6.45, 7) is 4.14. The molecule has 1 atom stereocenters. The SMILES string of the molecule is Cc1cnc(C(N)c2ccc(C3CCC3)cc2)c(C)c1. The van der Waals surface area contributed by atoms with Crippen LogP contribution in [-0.4, -0.2) is 4.98 Å². The van der Waals surface area contributed by atoms with Gasteiger partial charge in [-0.25, -0.2) is 0 Å². The van der Waals surface area contributed by atoms with Crippen LogP contribution in [0.5, 0.6) is 0 Å². The van der Waals surface area contributed by atoms with Gasteiger partial charge in [-0.05, 0) is 54.9 Å². The van der Waals surface area contributed by atoms with Crippen LogP contribution in [0.2, 0.25) is 0 Å². The summed E-state index contributed by atoms with van der Waals surface area (Å²) in [6, 6.07) is 10.8. The molecular formula is C18H22N2. The minimum atomic E-state index is -0.133. The Hall–Kier alpha value is -1.67. The summed E-state index contributed by atoms with van der Waals surface area (Å²) < 4.78 is 0. The zero-order valence-electron chi connectivity index (χ0n) is 12.3. The van der Waals surface area contributed by atoms with E-state index in [-0.39, 0.29) is 6.04 Å². The highest BCUT2D eigenvalue weighted by Crippen LogP contribution is 2.36. The van der Waals surface area contributed by atoms with Crippen LogP contribution in [0.15, 0.2) is 36.5 Å². The van der Waals surface area contributed by atoms with E-state index in [0.717, 1.165) is 17.2 Å². The van der Waals surface area contributed by atoms with E-state index in [1.807, 2.05) is 6.20 Å². The summed E-state index contributed by atoms with van der Waals surface area (Å²) in [5.41, 5.74) is 12.3. The molecule has 1 aliphatic carbocycles. The van der Waals surface area contributed by atoms with Crippen LogP contribution in [0, 0.1) is 13.8 Å². The van der Waals surface area contributed by atoms with Gasteiger partial charge in [-0.2, -0.15) is 0 Å². The van der Waals surface area contributed by atoms with Gasteiger partial charge >= 0.3 is 0 Å². The van der Waals surface area contributed by atoms with Crippen molar-refractivity contribution in [2.24, 2.45) is 5.73 Å². The molecule has 1 aliphatic rings. The van der Waals surface area contributed by atoms with Crippen molar-refractivity contribution in [1.82, 2.24) is 4.98 Å². The lowest BCUT2D eigenvalue weighted by molar-refractivity contribution is 0.419. The molecule has 1 fully saturated rings. The molecule has 0 saturated heterocycles. The van der Waals surface area contributed by atoms with E-state index in [9.17, 15) is 0 Å². The summed E-state index contributed by atoms with van der Waals surface area (Å²) in [5.74, 6) is 0.777. The topological polar surface area (TPSA) is 38.9 Å². The van der Waals surface area contributed by atoms with E-state index in [4.69, 9.17) is 5.73 Å². The fourth-order valence-corrected chi connectivity index (χ4v) is 2.93. The smallest absolute Gasteiger partial charge is 0.0729 e. The number of hydrogen-bond donors (Lipinski definition) is 1. The van der Waals surface area contributed by atoms with Crippen molar-refractivity contribution in [2.45, 2.75) is 45.1 Å². The zero-order chi connectivity index (χ0) is 14.1. The Morgan fingerprint density at radius 1 is 1.15 bits per heavy atom. The van der Waals surface area contributed by atoms with Gasteiger partial charge < -0.3 is 5.73 Å². The lowest BCUT2D eigenvalue weighted by Gasteiger charge is -2.26. The monoisotopic (exact) mass is 266 g/mol. The second kappa shape index (κ2) is 5.37. The average molecular weight is 266 g/mol. The van der Waals surface area contributed by atoms with Gasteiger partial charge in [0.1, 0.15) is 0 Å². The first-order valence-corrected chi connectivity index (χ1v) is 7.44. The molecule has 20 heavy (non-hydrogen) atoms. The summed E-state index contributed by atoms with van der Waals surface area (Å²) in [4.78, 5) is 4.51. The third kappa shape index (κ3) is 2.48. The highest BCUT2D eigenvalue weighted by atomic mass is 14.8. The maximum absolute atomic E-state index is 6.38. The fraction of sp³-hybridized carbons (Fsp3) is 0.389. The number of benzene rings is 1. The number of aromatic nitrogens is 1. The molecule has 0 aliphatic heterocycles. The molecule has 1 aromatic heterocycles. The second-order valence-corrected chi connectivity index (χ2v) is 5.99. The standard InChI is InChI=1S/C18H22N2/c1-12-10-13(2)18(20-11-12)17(19)16-8-6-15(7-9-16)14-4-3-5-14/h6-11,14,17H,3-5,19H2,1-2H3. The molecule has 2 nitrogen and oxygen atoms in total. The van der Waals surface area contributed by atoms with Gasteiger partial charge in [0.15, 0.2) is 0 Å². The molecule has 2 aromatic rings. The largest absolute Gasteiger partial charge is 0.319 e. The Morgan fingerprint density at radius 2 is 1.85 bits per heavy atom. The molecular weight excluding hydrogens is 244 g/mol. The minimum Gasteiger partial charge on any atom is -0.319 e. The number of aryl methyl sites for hydroxylation is 2. The van der Waals surface area contributed by atoms with Crippen LogP contribution in [0.25, 0.3) is 0 Å². The van der Waals surface area contributed by atoms with Crippen LogP contribution in [0.4, 0.5) is 0 Å². The third-order valence-corrected chi connectivity index (χ3v) is 4.42. The molecule has 104 valence electrons. The second-order valence-electron chi connectivity index (χ2n) is 5.99. The van der Waals surface area contributed by atoms with Crippen molar-refractivity contribution >= 4 is 0 Å². The van der Waals surface area contributed by atoms with Crippen LogP contribution in [-0.2, 0) is 0 Å². The van der Waals surface area contributed by atoms with Gasteiger partial charge in [-0.3, -0.25) is 4.98 Å². The van der Waals surface area contributed by atoms with E-state index in [2.05, 4.69) is 49.2 Å². The first kappa shape index (κ1) is 13.3. The Bertz CT molecular complexity index is 597. The van der Waals surface area contributed by atoms with E-state index >= 15 is 0 Å². The van der Waals surface area contributed by atoms with Gasteiger partial charge in [-0.1, -0.05) is 36.8 Å². The van der Waals surface area contributed by atoms with Gasteiger partial charge in [0.2, 0.25) is 0 Å². The van der Waals surface area contributed by atoms with E-state index in [1.54, 1.807) is 0 Å². The fourth-order valence-electron chi connectivity index (χ4n) is 2.93. The van der Waals surface area contributed by atoms with Crippen LogP contribution < -0.4 is 5.73 Å². The maximum Gasteiger partial charge on any atom is 0.0729 e. The summed E-state index contributed by atoms with van der Waals surface area (Å²) in [6.07, 6.45) is 5.94. The predicted molar refractivity (Wildman–Crippen MR) is 82.8 cm³/mol. The summed E-state index contributed by atoms with van der Waals surface area (Å²) >= 11 is 0. The molecule has 0 radical (unpaired) electrons. The molecule has 1 unspecified atom stereocenters. The van der Waals surface area contributed by atoms with E-state index in [1.165, 1.54) is 36.0 Å². The number of hydrogen-bond acceptors (Lipinski definition) is 2. The van der Waals surface area contributed by atoms with Crippen molar-refractivity contribution in [3.63, 3.8) is 0 Å². The number of nitrogens with zero attached hydrogens (tertiary/aromatic N) is 1. The molecule has 2 heteroatoms. The molecule has 2 N–H and O–H groups in total. The molecule has 1 saturated carbocycles. The molecule has 0 spiro atoms. The lowest BCUT2D eigenvalue weighted by Crippen LogP contribution is -2.15. The van der Waals surface area contributed by atoms with Gasteiger partial charge in [-0.15, -0.1) is 0 Å². The van der Waals surface area contributed by atoms with Gasteiger partial charge in [0.05, 0.1) is 11.7 Å². The zero-order valence-corrected chi connectivity index (χ0v) is 12.3. The minimum absolute atomic E-state index is 0.133. The Morgan fingerprint density at radius 3 is 2.40 bits per heavy atom. The average Bonchev–Trinajstić information content (AvgIpc) is 2.37. The maximum atomic E-state index is 6.38. The first-order valence-electron chi connectivity index (χ1n) is 7.44. The van der Waals surface area contributed by atoms with Crippen molar-refractivity contribution < 1.29 is 0 Å². The first-order chi connectivity index (χ1) is 9.65. The van der Waals surface area contributed by atoms with Crippen molar-refractivity contribution in [2.75, 3.05) is 0 Å². The highest BCUT2D eigenvalue weighted by molar-refractivity contribution is 5.35. The normalized spacial score (nSPS) is 16.8. The lowest BCUT2D eigenvalue weighted by atomic mass is 9.80. The van der Waals surface area contributed by atoms with E-state index < -0.39 is 0 Å². The van der Waals surface area contributed by atoms with Crippen molar-refractivity contribution in [1.29, 1.82) is 0 Å². The number of rotatable bonds is 3. The van der Waals surface area contributed by atoms with Crippen molar-refractivity contribution in [3.8, 4) is 0 Å².